The van der Waals surface area contributed by atoms with Gasteiger partial charge < -0.3 is 4.90 Å². The second kappa shape index (κ2) is 9.13. The van der Waals surface area contributed by atoms with Gasteiger partial charge in [0, 0.05) is 19.3 Å². The summed E-state index contributed by atoms with van der Waals surface area (Å²) in [5.41, 5.74) is 0.829. The molecule has 3 aromatic rings. The van der Waals surface area contributed by atoms with Gasteiger partial charge in [-0.3, -0.25) is 9.78 Å². The molecular formula is C23H18ClF3N2O. The molecule has 0 spiro atoms. The number of aromatic nitrogens is 1. The Kier molecular flexibility index (Phi) is 6.57. The standard InChI is InChI=1S/C23H18ClF3N2O/c1-29(22(17-7-3-2-4-8-17)20-9-5-6-14-28-20)21(30)13-11-16-10-12-19(24)18(15-16)23(25,26)27/h2-15,22H,1H3. The number of carbonyl (C=O) groups is 1. The fourth-order valence-electron chi connectivity index (χ4n) is 3.04. The van der Waals surface area contributed by atoms with Gasteiger partial charge in [-0.2, -0.15) is 13.2 Å². The molecule has 3 rings (SSSR count). The number of carbonyl (C=O) groups excluding carboxylic acids is 1. The van der Waals surface area contributed by atoms with Gasteiger partial charge >= 0.3 is 6.18 Å². The maximum absolute atomic E-state index is 13.0. The molecule has 30 heavy (non-hydrogen) atoms. The molecule has 1 atom stereocenters. The predicted molar refractivity (Wildman–Crippen MR) is 111 cm³/mol. The zero-order valence-corrected chi connectivity index (χ0v) is 16.7. The van der Waals surface area contributed by atoms with Crippen molar-refractivity contribution in [2.45, 2.75) is 12.2 Å². The SMILES string of the molecule is CN(C(=O)C=Cc1ccc(Cl)c(C(F)(F)F)c1)C(c1ccccc1)c1ccccn1. The van der Waals surface area contributed by atoms with Gasteiger partial charge in [-0.05, 0) is 41.5 Å². The van der Waals surface area contributed by atoms with Gasteiger partial charge in [0.1, 0.15) is 0 Å². The zero-order valence-electron chi connectivity index (χ0n) is 16.0. The highest BCUT2D eigenvalue weighted by Gasteiger charge is 2.33. The number of hydrogen-bond donors (Lipinski definition) is 0. The summed E-state index contributed by atoms with van der Waals surface area (Å²) in [6, 6.07) is 17.9. The summed E-state index contributed by atoms with van der Waals surface area (Å²) in [6.07, 6.45) is -0.349. The number of amides is 1. The van der Waals surface area contributed by atoms with E-state index in [4.69, 9.17) is 11.6 Å². The van der Waals surface area contributed by atoms with E-state index in [9.17, 15) is 18.0 Å². The van der Waals surface area contributed by atoms with Crippen molar-refractivity contribution in [3.63, 3.8) is 0 Å². The first-order valence-electron chi connectivity index (χ1n) is 9.05. The van der Waals surface area contributed by atoms with Gasteiger partial charge in [-0.1, -0.05) is 54.1 Å². The zero-order chi connectivity index (χ0) is 21.7. The number of rotatable bonds is 5. The summed E-state index contributed by atoms with van der Waals surface area (Å²) in [5.74, 6) is -0.377. The molecule has 0 aliphatic rings. The van der Waals surface area contributed by atoms with Crippen molar-refractivity contribution in [1.29, 1.82) is 0 Å². The number of alkyl halides is 3. The summed E-state index contributed by atoms with van der Waals surface area (Å²) in [7, 11) is 1.63. The molecule has 0 fully saturated rings. The van der Waals surface area contributed by atoms with Crippen LogP contribution in [-0.2, 0) is 11.0 Å². The quantitative estimate of drug-likeness (QED) is 0.464. The smallest absolute Gasteiger partial charge is 0.329 e. The van der Waals surface area contributed by atoms with E-state index in [2.05, 4.69) is 4.98 Å². The molecular weight excluding hydrogens is 413 g/mol. The van der Waals surface area contributed by atoms with Crippen molar-refractivity contribution in [3.8, 4) is 0 Å². The van der Waals surface area contributed by atoms with Crippen molar-refractivity contribution in [1.82, 2.24) is 9.88 Å². The Morgan fingerprint density at radius 3 is 2.40 bits per heavy atom. The van der Waals surface area contributed by atoms with Crippen LogP contribution in [0, 0.1) is 0 Å². The molecule has 1 aromatic heterocycles. The molecule has 0 aliphatic heterocycles. The second-order valence-corrected chi connectivity index (χ2v) is 6.99. The third-order valence-electron chi connectivity index (χ3n) is 4.53. The molecule has 1 heterocycles. The lowest BCUT2D eigenvalue weighted by molar-refractivity contribution is -0.137. The molecule has 0 radical (unpaired) electrons. The number of hydrogen-bond acceptors (Lipinski definition) is 2. The third-order valence-corrected chi connectivity index (χ3v) is 4.86. The largest absolute Gasteiger partial charge is 0.417 e. The number of pyridine rings is 1. The monoisotopic (exact) mass is 430 g/mol. The fraction of sp³-hybridized carbons (Fsp3) is 0.130. The Balaban J connectivity index is 1.88. The van der Waals surface area contributed by atoms with Gasteiger partial charge in [0.15, 0.2) is 0 Å². The molecule has 3 nitrogen and oxygen atoms in total. The van der Waals surface area contributed by atoms with Gasteiger partial charge in [0.2, 0.25) is 5.91 Å². The fourth-order valence-corrected chi connectivity index (χ4v) is 3.27. The normalized spacial score (nSPS) is 12.7. The summed E-state index contributed by atoms with van der Waals surface area (Å²) >= 11 is 5.65. The van der Waals surface area contributed by atoms with Crippen molar-refractivity contribution >= 4 is 23.6 Å². The van der Waals surface area contributed by atoms with Crippen LogP contribution in [0.2, 0.25) is 5.02 Å². The van der Waals surface area contributed by atoms with Crippen molar-refractivity contribution in [3.05, 3.63) is 106 Å². The maximum atomic E-state index is 13.0. The number of benzene rings is 2. The maximum Gasteiger partial charge on any atom is 0.417 e. The lowest BCUT2D eigenvalue weighted by Gasteiger charge is -2.27. The Labute approximate surface area is 177 Å². The van der Waals surface area contributed by atoms with Crippen molar-refractivity contribution in [2.75, 3.05) is 7.05 Å². The van der Waals surface area contributed by atoms with E-state index in [1.165, 1.54) is 29.2 Å². The second-order valence-electron chi connectivity index (χ2n) is 6.59. The van der Waals surface area contributed by atoms with E-state index in [1.807, 2.05) is 42.5 Å². The molecule has 0 aliphatic carbocycles. The topological polar surface area (TPSA) is 33.2 Å². The molecule has 0 saturated carbocycles. The molecule has 0 saturated heterocycles. The summed E-state index contributed by atoms with van der Waals surface area (Å²) in [4.78, 5) is 18.7. The van der Waals surface area contributed by atoms with Crippen LogP contribution in [0.3, 0.4) is 0 Å². The highest BCUT2D eigenvalue weighted by atomic mass is 35.5. The van der Waals surface area contributed by atoms with Crippen molar-refractivity contribution < 1.29 is 18.0 Å². The van der Waals surface area contributed by atoms with Gasteiger partial charge in [0.05, 0.1) is 22.3 Å². The Bertz CT molecular complexity index is 998. The van der Waals surface area contributed by atoms with Crippen LogP contribution in [0.25, 0.3) is 6.08 Å². The van der Waals surface area contributed by atoms with Crippen molar-refractivity contribution in [2.24, 2.45) is 0 Å². The van der Waals surface area contributed by atoms with E-state index < -0.39 is 17.8 Å². The van der Waals surface area contributed by atoms with Gasteiger partial charge in [0.25, 0.3) is 0 Å². The number of likely N-dealkylation sites (N-methyl/N-ethyl adjacent to an activating group) is 1. The molecule has 1 amide bonds. The van der Waals surface area contributed by atoms with Crippen LogP contribution in [0.1, 0.15) is 28.4 Å². The highest BCUT2D eigenvalue weighted by Crippen LogP contribution is 2.35. The highest BCUT2D eigenvalue weighted by molar-refractivity contribution is 6.31. The van der Waals surface area contributed by atoms with E-state index in [-0.39, 0.29) is 16.5 Å². The van der Waals surface area contributed by atoms with Crippen LogP contribution in [0.5, 0.6) is 0 Å². The molecule has 0 N–H and O–H groups in total. The number of nitrogens with zero attached hydrogens (tertiary/aromatic N) is 2. The molecule has 7 heteroatoms. The lowest BCUT2D eigenvalue weighted by atomic mass is 10.0. The van der Waals surface area contributed by atoms with E-state index in [0.717, 1.165) is 11.6 Å². The average Bonchev–Trinajstić information content (AvgIpc) is 2.73. The van der Waals surface area contributed by atoms with Crippen LogP contribution in [0.4, 0.5) is 13.2 Å². The van der Waals surface area contributed by atoms with Crippen LogP contribution >= 0.6 is 11.6 Å². The summed E-state index contributed by atoms with van der Waals surface area (Å²) in [5, 5.41) is -0.387. The first-order chi connectivity index (χ1) is 14.3. The van der Waals surface area contributed by atoms with Crippen LogP contribution in [-0.4, -0.2) is 22.8 Å². The van der Waals surface area contributed by atoms with Crippen LogP contribution in [0.15, 0.2) is 79.0 Å². The van der Waals surface area contributed by atoms with E-state index >= 15 is 0 Å². The van der Waals surface area contributed by atoms with Gasteiger partial charge in [-0.15, -0.1) is 0 Å². The first-order valence-corrected chi connectivity index (χ1v) is 9.42. The van der Waals surface area contributed by atoms with E-state index in [0.29, 0.717) is 5.69 Å². The Morgan fingerprint density at radius 2 is 1.77 bits per heavy atom. The minimum atomic E-state index is -4.57. The Hall–Kier alpha value is -3.12. The Morgan fingerprint density at radius 1 is 1.07 bits per heavy atom. The third kappa shape index (κ3) is 5.07. The minimum Gasteiger partial charge on any atom is -0.329 e. The molecule has 2 aromatic carbocycles. The van der Waals surface area contributed by atoms with Gasteiger partial charge in [-0.25, -0.2) is 0 Å². The summed E-state index contributed by atoms with van der Waals surface area (Å²) < 4.78 is 39.1. The minimum absolute atomic E-state index is 0.225. The molecule has 1 unspecified atom stereocenters. The molecule has 154 valence electrons. The number of halogens is 4. The first kappa shape index (κ1) is 21.6. The van der Waals surface area contributed by atoms with Crippen LogP contribution < -0.4 is 0 Å². The lowest BCUT2D eigenvalue weighted by Crippen LogP contribution is -2.31. The summed E-state index contributed by atoms with van der Waals surface area (Å²) in [6.45, 7) is 0. The molecule has 0 bridgehead atoms. The average molecular weight is 431 g/mol. The predicted octanol–water partition coefficient (Wildman–Crippen LogP) is 6.02. The van der Waals surface area contributed by atoms with E-state index in [1.54, 1.807) is 19.3 Å².